The van der Waals surface area contributed by atoms with Gasteiger partial charge in [0.1, 0.15) is 0 Å². The van der Waals surface area contributed by atoms with Crippen molar-refractivity contribution in [3.8, 4) is 0 Å². The normalized spacial score (nSPS) is 9.77. The summed E-state index contributed by atoms with van der Waals surface area (Å²) in [4.78, 5) is 14.9. The number of carbonyl (C=O) groups excluding carboxylic acids is 1. The monoisotopic (exact) mass is 199 g/mol. The third kappa shape index (κ3) is 2.70. The van der Waals surface area contributed by atoms with E-state index in [9.17, 15) is 4.79 Å². The second kappa shape index (κ2) is 4.23. The fraction of sp³-hybridized carbons (Fsp3) is 0.333. The maximum absolute atomic E-state index is 10.9. The fourth-order valence-electron chi connectivity index (χ4n) is 0.914. The maximum Gasteiger partial charge on any atom is 0.311 e. The second-order valence-electron chi connectivity index (χ2n) is 2.68. The van der Waals surface area contributed by atoms with Crippen LogP contribution in [0, 0.1) is 6.92 Å². The highest BCUT2D eigenvalue weighted by atomic mass is 35.5. The van der Waals surface area contributed by atoms with E-state index in [1.165, 1.54) is 13.3 Å². The Morgan fingerprint density at radius 1 is 1.69 bits per heavy atom. The summed E-state index contributed by atoms with van der Waals surface area (Å²) in [5.74, 6) is -0.297. The number of pyridine rings is 1. The van der Waals surface area contributed by atoms with E-state index in [1.54, 1.807) is 6.07 Å². The Bertz CT molecular complexity index is 325. The predicted octanol–water partition coefficient (Wildman–Crippen LogP) is 1.76. The van der Waals surface area contributed by atoms with Crippen LogP contribution in [-0.4, -0.2) is 18.1 Å². The van der Waals surface area contributed by atoms with Gasteiger partial charge in [-0.3, -0.25) is 9.78 Å². The number of ether oxygens (including phenoxy) is 1. The van der Waals surface area contributed by atoms with Crippen molar-refractivity contribution in [2.45, 2.75) is 13.3 Å². The van der Waals surface area contributed by atoms with E-state index >= 15 is 0 Å². The van der Waals surface area contributed by atoms with E-state index in [-0.39, 0.29) is 12.4 Å². The van der Waals surface area contributed by atoms with Gasteiger partial charge in [0.2, 0.25) is 0 Å². The van der Waals surface area contributed by atoms with Crippen LogP contribution in [0.1, 0.15) is 11.3 Å². The average molecular weight is 200 g/mol. The topological polar surface area (TPSA) is 39.2 Å². The first-order chi connectivity index (χ1) is 6.13. The van der Waals surface area contributed by atoms with Crippen LogP contribution >= 0.6 is 11.6 Å². The first-order valence-corrected chi connectivity index (χ1v) is 4.19. The van der Waals surface area contributed by atoms with Crippen LogP contribution < -0.4 is 0 Å². The standard InChI is InChI=1S/C9H10ClNO2/c1-6-3-7(4-9(12)13-2)11-5-8(6)10/h3,5H,4H2,1-2H3. The van der Waals surface area contributed by atoms with Gasteiger partial charge in [0.05, 0.1) is 24.2 Å². The Labute approximate surface area is 81.7 Å². The van der Waals surface area contributed by atoms with Gasteiger partial charge in [0, 0.05) is 6.20 Å². The molecule has 1 aromatic heterocycles. The molecule has 4 heteroatoms. The van der Waals surface area contributed by atoms with Crippen molar-refractivity contribution < 1.29 is 9.53 Å². The SMILES string of the molecule is COC(=O)Cc1cc(C)c(Cl)cn1. The van der Waals surface area contributed by atoms with Gasteiger partial charge in [-0.05, 0) is 18.6 Å². The van der Waals surface area contributed by atoms with Gasteiger partial charge < -0.3 is 4.74 Å². The first-order valence-electron chi connectivity index (χ1n) is 3.81. The summed E-state index contributed by atoms with van der Waals surface area (Å²) in [6, 6.07) is 1.78. The number of carbonyl (C=O) groups is 1. The fourth-order valence-corrected chi connectivity index (χ4v) is 1.02. The maximum atomic E-state index is 10.9. The van der Waals surface area contributed by atoms with Gasteiger partial charge in [-0.25, -0.2) is 0 Å². The summed E-state index contributed by atoms with van der Waals surface area (Å²) in [7, 11) is 1.35. The molecule has 0 atom stereocenters. The molecule has 0 saturated carbocycles. The van der Waals surface area contributed by atoms with Crippen LogP contribution in [0.2, 0.25) is 5.02 Å². The Balaban J connectivity index is 2.79. The van der Waals surface area contributed by atoms with Gasteiger partial charge in [0.15, 0.2) is 0 Å². The van der Waals surface area contributed by atoms with Crippen molar-refractivity contribution in [2.24, 2.45) is 0 Å². The van der Waals surface area contributed by atoms with Crippen LogP contribution in [-0.2, 0) is 16.0 Å². The molecule has 13 heavy (non-hydrogen) atoms. The van der Waals surface area contributed by atoms with Crippen molar-refractivity contribution in [1.29, 1.82) is 0 Å². The smallest absolute Gasteiger partial charge is 0.311 e. The molecule has 0 aliphatic heterocycles. The molecule has 1 aromatic rings. The van der Waals surface area contributed by atoms with E-state index < -0.39 is 0 Å². The molecule has 0 aliphatic rings. The average Bonchev–Trinajstić information content (AvgIpc) is 2.11. The largest absolute Gasteiger partial charge is 0.469 e. The minimum absolute atomic E-state index is 0.189. The summed E-state index contributed by atoms with van der Waals surface area (Å²) in [6.07, 6.45) is 1.73. The lowest BCUT2D eigenvalue weighted by atomic mass is 10.2. The van der Waals surface area contributed by atoms with Gasteiger partial charge >= 0.3 is 5.97 Å². The van der Waals surface area contributed by atoms with E-state index in [0.29, 0.717) is 10.7 Å². The molecule has 3 nitrogen and oxygen atoms in total. The molecule has 0 amide bonds. The molecule has 70 valence electrons. The molecule has 0 bridgehead atoms. The van der Waals surface area contributed by atoms with Crippen LogP contribution in [0.25, 0.3) is 0 Å². The van der Waals surface area contributed by atoms with Gasteiger partial charge in [0.25, 0.3) is 0 Å². The zero-order valence-electron chi connectivity index (χ0n) is 7.50. The van der Waals surface area contributed by atoms with Crippen molar-refractivity contribution in [3.63, 3.8) is 0 Å². The highest BCUT2D eigenvalue weighted by molar-refractivity contribution is 6.31. The van der Waals surface area contributed by atoms with Gasteiger partial charge in [-0.15, -0.1) is 0 Å². The number of nitrogens with zero attached hydrogens (tertiary/aromatic N) is 1. The quantitative estimate of drug-likeness (QED) is 0.682. The van der Waals surface area contributed by atoms with Crippen molar-refractivity contribution in [2.75, 3.05) is 7.11 Å². The van der Waals surface area contributed by atoms with E-state index in [0.717, 1.165) is 5.56 Å². The van der Waals surface area contributed by atoms with Crippen molar-refractivity contribution in [3.05, 3.63) is 28.5 Å². The van der Waals surface area contributed by atoms with Crippen molar-refractivity contribution >= 4 is 17.6 Å². The summed E-state index contributed by atoms with van der Waals surface area (Å²) >= 11 is 5.77. The number of hydrogen-bond acceptors (Lipinski definition) is 3. The number of aromatic nitrogens is 1. The number of halogens is 1. The van der Waals surface area contributed by atoms with E-state index in [1.807, 2.05) is 6.92 Å². The first kappa shape index (κ1) is 9.99. The third-order valence-corrected chi connectivity index (χ3v) is 2.05. The summed E-state index contributed by atoms with van der Waals surface area (Å²) in [6.45, 7) is 1.87. The minimum atomic E-state index is -0.297. The zero-order valence-corrected chi connectivity index (χ0v) is 8.26. The lowest BCUT2D eigenvalue weighted by molar-refractivity contribution is -0.139. The number of aryl methyl sites for hydroxylation is 1. The molecule has 0 unspecified atom stereocenters. The number of esters is 1. The number of methoxy groups -OCH3 is 1. The molecule has 0 fully saturated rings. The predicted molar refractivity (Wildman–Crippen MR) is 49.7 cm³/mol. The molecule has 0 radical (unpaired) electrons. The summed E-state index contributed by atoms with van der Waals surface area (Å²) in [5, 5.41) is 0.605. The number of rotatable bonds is 2. The summed E-state index contributed by atoms with van der Waals surface area (Å²) in [5.41, 5.74) is 1.59. The van der Waals surface area contributed by atoms with Crippen molar-refractivity contribution in [1.82, 2.24) is 4.98 Å². The summed E-state index contributed by atoms with van der Waals surface area (Å²) < 4.78 is 4.51. The van der Waals surface area contributed by atoms with Crippen LogP contribution in [0.15, 0.2) is 12.3 Å². The Hall–Kier alpha value is -1.09. The molecule has 0 aromatic carbocycles. The van der Waals surface area contributed by atoms with E-state index in [2.05, 4.69) is 9.72 Å². The number of hydrogen-bond donors (Lipinski definition) is 0. The van der Waals surface area contributed by atoms with Crippen LogP contribution in [0.5, 0.6) is 0 Å². The molecule has 0 N–H and O–H groups in total. The minimum Gasteiger partial charge on any atom is -0.469 e. The molecule has 0 saturated heterocycles. The molecule has 0 spiro atoms. The lowest BCUT2D eigenvalue weighted by Gasteiger charge is -2.01. The van der Waals surface area contributed by atoms with E-state index in [4.69, 9.17) is 11.6 Å². The Kier molecular flexibility index (Phi) is 3.25. The molecule has 0 aliphatic carbocycles. The highest BCUT2D eigenvalue weighted by Gasteiger charge is 2.05. The highest BCUT2D eigenvalue weighted by Crippen LogP contribution is 2.14. The third-order valence-electron chi connectivity index (χ3n) is 1.66. The zero-order chi connectivity index (χ0) is 9.84. The molecular formula is C9H10ClNO2. The second-order valence-corrected chi connectivity index (χ2v) is 3.08. The Morgan fingerprint density at radius 3 is 2.92 bits per heavy atom. The molecule has 1 rings (SSSR count). The lowest BCUT2D eigenvalue weighted by Crippen LogP contribution is -2.06. The van der Waals surface area contributed by atoms with Gasteiger partial charge in [-0.2, -0.15) is 0 Å². The van der Waals surface area contributed by atoms with Crippen LogP contribution in [0.3, 0.4) is 0 Å². The molecular weight excluding hydrogens is 190 g/mol. The van der Waals surface area contributed by atoms with Crippen LogP contribution in [0.4, 0.5) is 0 Å². The Morgan fingerprint density at radius 2 is 2.38 bits per heavy atom. The van der Waals surface area contributed by atoms with Gasteiger partial charge in [-0.1, -0.05) is 11.6 Å². The molecule has 1 heterocycles.